The van der Waals surface area contributed by atoms with E-state index in [4.69, 9.17) is 0 Å². The molecule has 2 saturated carbocycles. The topological polar surface area (TPSA) is 34.1 Å². The van der Waals surface area contributed by atoms with Gasteiger partial charge in [-0.1, -0.05) is 0 Å². The summed E-state index contributed by atoms with van der Waals surface area (Å²) < 4.78 is 0. The molecule has 0 heterocycles. The lowest BCUT2D eigenvalue weighted by atomic mass is 9.80. The molecule has 12 heavy (non-hydrogen) atoms. The number of aldehydes is 1. The molecule has 2 rings (SSSR count). The van der Waals surface area contributed by atoms with E-state index in [-0.39, 0.29) is 5.41 Å². The van der Waals surface area contributed by atoms with Crippen molar-refractivity contribution >= 4 is 12.1 Å². The molecule has 0 aromatic carbocycles. The SMILES string of the molecule is O=CCCC12CCC(CC1)C2=O. The fraction of sp³-hybridized carbons (Fsp3) is 0.800. The Bertz CT molecular complexity index is 212. The Hall–Kier alpha value is -0.660. The van der Waals surface area contributed by atoms with Crippen LogP contribution in [0.25, 0.3) is 0 Å². The van der Waals surface area contributed by atoms with E-state index in [0.29, 0.717) is 18.1 Å². The summed E-state index contributed by atoms with van der Waals surface area (Å²) in [5, 5.41) is 0. The standard InChI is InChI=1S/C10H14O2/c11-7-1-4-10-5-2-8(3-6-10)9(10)12/h7-8H,1-6H2. The fourth-order valence-corrected chi connectivity index (χ4v) is 2.82. The number of Topliss-reactive ketones (excluding diaryl/α,β-unsaturated/α-hetero) is 1. The molecule has 0 unspecified atom stereocenters. The Morgan fingerprint density at radius 1 is 1.42 bits per heavy atom. The van der Waals surface area contributed by atoms with Gasteiger partial charge >= 0.3 is 0 Å². The Labute approximate surface area is 72.3 Å². The van der Waals surface area contributed by atoms with Gasteiger partial charge in [0.2, 0.25) is 0 Å². The van der Waals surface area contributed by atoms with Crippen molar-refractivity contribution in [3.63, 3.8) is 0 Å². The van der Waals surface area contributed by atoms with Crippen molar-refractivity contribution in [1.82, 2.24) is 0 Å². The third-order valence-corrected chi connectivity index (χ3v) is 3.58. The van der Waals surface area contributed by atoms with Crippen LogP contribution < -0.4 is 0 Å². The molecule has 0 saturated heterocycles. The normalized spacial score (nSPS) is 39.0. The molecule has 0 amide bonds. The molecule has 2 aliphatic carbocycles. The van der Waals surface area contributed by atoms with Gasteiger partial charge in [0, 0.05) is 17.8 Å². The minimum absolute atomic E-state index is 0.0500. The highest BCUT2D eigenvalue weighted by molar-refractivity contribution is 5.91. The van der Waals surface area contributed by atoms with E-state index in [0.717, 1.165) is 38.4 Å². The minimum atomic E-state index is -0.0500. The van der Waals surface area contributed by atoms with Gasteiger partial charge < -0.3 is 4.79 Å². The van der Waals surface area contributed by atoms with Crippen LogP contribution in [0.4, 0.5) is 0 Å². The molecule has 66 valence electrons. The molecule has 2 nitrogen and oxygen atoms in total. The van der Waals surface area contributed by atoms with Gasteiger partial charge in [-0.15, -0.1) is 0 Å². The second-order valence-electron chi connectivity index (χ2n) is 4.12. The van der Waals surface area contributed by atoms with Gasteiger partial charge in [0.25, 0.3) is 0 Å². The minimum Gasteiger partial charge on any atom is -0.303 e. The number of rotatable bonds is 3. The Kier molecular flexibility index (Phi) is 1.78. The van der Waals surface area contributed by atoms with Gasteiger partial charge in [0.05, 0.1) is 0 Å². The van der Waals surface area contributed by atoms with Crippen LogP contribution in [-0.2, 0) is 9.59 Å². The lowest BCUT2D eigenvalue weighted by Gasteiger charge is -2.22. The van der Waals surface area contributed by atoms with Gasteiger partial charge in [0.1, 0.15) is 12.1 Å². The van der Waals surface area contributed by atoms with E-state index in [2.05, 4.69) is 0 Å². The highest BCUT2D eigenvalue weighted by Gasteiger charge is 2.51. The molecular weight excluding hydrogens is 152 g/mol. The summed E-state index contributed by atoms with van der Waals surface area (Å²) in [4.78, 5) is 21.9. The van der Waals surface area contributed by atoms with Crippen molar-refractivity contribution in [3.8, 4) is 0 Å². The summed E-state index contributed by atoms with van der Waals surface area (Å²) in [5.41, 5.74) is -0.0500. The zero-order valence-corrected chi connectivity index (χ0v) is 7.21. The summed E-state index contributed by atoms with van der Waals surface area (Å²) in [6.07, 6.45) is 6.57. The molecule has 0 atom stereocenters. The van der Waals surface area contributed by atoms with Crippen LogP contribution in [0.5, 0.6) is 0 Å². The van der Waals surface area contributed by atoms with Crippen molar-refractivity contribution in [1.29, 1.82) is 0 Å². The monoisotopic (exact) mass is 166 g/mol. The van der Waals surface area contributed by atoms with Gasteiger partial charge in [-0.3, -0.25) is 4.79 Å². The van der Waals surface area contributed by atoms with E-state index < -0.39 is 0 Å². The maximum atomic E-state index is 11.7. The number of ketones is 1. The van der Waals surface area contributed by atoms with Crippen LogP contribution in [0.3, 0.4) is 0 Å². The summed E-state index contributed by atoms with van der Waals surface area (Å²) in [6.45, 7) is 0. The third-order valence-electron chi connectivity index (χ3n) is 3.58. The number of carbonyl (C=O) groups is 2. The molecule has 2 aliphatic rings. The van der Waals surface area contributed by atoms with E-state index in [1.807, 2.05) is 0 Å². The molecule has 2 heteroatoms. The second-order valence-corrected chi connectivity index (χ2v) is 4.12. The lowest BCUT2D eigenvalue weighted by Crippen LogP contribution is -2.22. The summed E-state index contributed by atoms with van der Waals surface area (Å²) in [5.74, 6) is 0.820. The maximum absolute atomic E-state index is 11.7. The first-order chi connectivity index (χ1) is 5.78. The van der Waals surface area contributed by atoms with Crippen LogP contribution in [0.15, 0.2) is 0 Å². The first-order valence-corrected chi connectivity index (χ1v) is 4.76. The Balaban J connectivity index is 2.09. The van der Waals surface area contributed by atoms with E-state index in [9.17, 15) is 9.59 Å². The Morgan fingerprint density at radius 2 is 2.08 bits per heavy atom. The van der Waals surface area contributed by atoms with Crippen LogP contribution >= 0.6 is 0 Å². The summed E-state index contributed by atoms with van der Waals surface area (Å²) in [7, 11) is 0. The first-order valence-electron chi connectivity index (χ1n) is 4.76. The quantitative estimate of drug-likeness (QED) is 0.598. The van der Waals surface area contributed by atoms with Crippen LogP contribution in [0, 0.1) is 11.3 Å². The molecule has 0 aliphatic heterocycles. The number of fused-ring (bicyclic) bond motifs is 2. The number of carbonyl (C=O) groups excluding carboxylic acids is 2. The molecule has 0 aromatic rings. The Morgan fingerprint density at radius 3 is 2.50 bits per heavy atom. The zero-order chi connectivity index (χ0) is 8.60. The molecule has 0 radical (unpaired) electrons. The lowest BCUT2D eigenvalue weighted by molar-refractivity contribution is -0.126. The van der Waals surface area contributed by atoms with Crippen LogP contribution in [0.1, 0.15) is 38.5 Å². The molecule has 0 aromatic heterocycles. The number of hydrogen-bond acceptors (Lipinski definition) is 2. The van der Waals surface area contributed by atoms with Crippen molar-refractivity contribution in [2.75, 3.05) is 0 Å². The summed E-state index contributed by atoms with van der Waals surface area (Å²) in [6, 6.07) is 0. The fourth-order valence-electron chi connectivity index (χ4n) is 2.82. The molecular formula is C10H14O2. The molecule has 0 N–H and O–H groups in total. The van der Waals surface area contributed by atoms with Gasteiger partial charge in [-0.2, -0.15) is 0 Å². The van der Waals surface area contributed by atoms with E-state index in [1.165, 1.54) is 0 Å². The van der Waals surface area contributed by atoms with Gasteiger partial charge in [-0.25, -0.2) is 0 Å². The third kappa shape index (κ3) is 0.936. The average Bonchev–Trinajstić information content (AvgIpc) is 2.57. The summed E-state index contributed by atoms with van der Waals surface area (Å²) >= 11 is 0. The van der Waals surface area contributed by atoms with Crippen molar-refractivity contribution in [3.05, 3.63) is 0 Å². The second kappa shape index (κ2) is 2.68. The van der Waals surface area contributed by atoms with Crippen LogP contribution in [0.2, 0.25) is 0 Å². The largest absolute Gasteiger partial charge is 0.303 e. The van der Waals surface area contributed by atoms with Crippen molar-refractivity contribution in [2.24, 2.45) is 11.3 Å². The highest BCUT2D eigenvalue weighted by Crippen LogP contribution is 2.53. The molecule has 2 bridgehead atoms. The molecule has 2 fully saturated rings. The van der Waals surface area contributed by atoms with Gasteiger partial charge in [-0.05, 0) is 32.1 Å². The molecule has 0 spiro atoms. The average molecular weight is 166 g/mol. The maximum Gasteiger partial charge on any atom is 0.142 e. The van der Waals surface area contributed by atoms with E-state index in [1.54, 1.807) is 0 Å². The van der Waals surface area contributed by atoms with Crippen LogP contribution in [-0.4, -0.2) is 12.1 Å². The van der Waals surface area contributed by atoms with Gasteiger partial charge in [0.15, 0.2) is 0 Å². The smallest absolute Gasteiger partial charge is 0.142 e. The zero-order valence-electron chi connectivity index (χ0n) is 7.21. The van der Waals surface area contributed by atoms with Crippen molar-refractivity contribution < 1.29 is 9.59 Å². The first kappa shape index (κ1) is 7.96. The number of hydrogen-bond donors (Lipinski definition) is 0. The predicted octanol–water partition coefficient (Wildman–Crippen LogP) is 1.72. The highest BCUT2D eigenvalue weighted by atomic mass is 16.1. The van der Waals surface area contributed by atoms with E-state index >= 15 is 0 Å². The van der Waals surface area contributed by atoms with Crippen molar-refractivity contribution in [2.45, 2.75) is 38.5 Å². The predicted molar refractivity (Wildman–Crippen MR) is 44.7 cm³/mol.